The summed E-state index contributed by atoms with van der Waals surface area (Å²) in [6.45, 7) is 0.0361. The molecule has 0 unspecified atom stereocenters. The lowest BCUT2D eigenvalue weighted by atomic mass is 9.88. The number of nitrogens with one attached hydrogen (secondary N) is 1. The van der Waals surface area contributed by atoms with Crippen LogP contribution in [0.15, 0.2) is 48.5 Å². The first-order valence-corrected chi connectivity index (χ1v) is 9.34. The minimum absolute atomic E-state index is 0.0564. The van der Waals surface area contributed by atoms with Crippen molar-refractivity contribution in [3.63, 3.8) is 0 Å². The van der Waals surface area contributed by atoms with Crippen LogP contribution in [0.4, 0.5) is 18.0 Å². The van der Waals surface area contributed by atoms with Gasteiger partial charge in [0.05, 0.1) is 12.6 Å². The standard InChI is InChI=1S/C21H22F3N3O/c1-26(18-12-25-13-21(18,23)24)20(28)27-11-10-14-4-2-3-5-17(14)19(27)15-6-8-16(22)9-7-15/h2-9,18-19,25H,10-13H2,1H3/t18-,19-/m0/s1. The highest BCUT2D eigenvalue weighted by Gasteiger charge is 2.49. The first-order valence-electron chi connectivity index (χ1n) is 9.34. The predicted molar refractivity (Wildman–Crippen MR) is 99.9 cm³/mol. The van der Waals surface area contributed by atoms with Crippen LogP contribution >= 0.6 is 0 Å². The molecule has 2 atom stereocenters. The van der Waals surface area contributed by atoms with Gasteiger partial charge in [0.2, 0.25) is 0 Å². The molecule has 0 saturated carbocycles. The molecule has 2 aliphatic heterocycles. The SMILES string of the molecule is CN(C(=O)N1CCc2ccccc2[C@@H]1c1ccc(F)cc1)[C@H]1CNCC1(F)F. The summed E-state index contributed by atoms with van der Waals surface area (Å²) in [7, 11) is 1.43. The highest BCUT2D eigenvalue weighted by Crippen LogP contribution is 2.37. The Morgan fingerprint density at radius 1 is 1.18 bits per heavy atom. The van der Waals surface area contributed by atoms with Gasteiger partial charge in [-0.3, -0.25) is 0 Å². The first-order chi connectivity index (χ1) is 13.4. The largest absolute Gasteiger partial charge is 0.321 e. The highest BCUT2D eigenvalue weighted by molar-refractivity contribution is 5.76. The van der Waals surface area contributed by atoms with Crippen molar-refractivity contribution in [3.8, 4) is 0 Å². The number of hydrogen-bond donors (Lipinski definition) is 1. The van der Waals surface area contributed by atoms with Crippen LogP contribution in [0.1, 0.15) is 22.7 Å². The lowest BCUT2D eigenvalue weighted by Gasteiger charge is -2.41. The van der Waals surface area contributed by atoms with Crippen LogP contribution in [-0.4, -0.2) is 54.5 Å². The van der Waals surface area contributed by atoms with Gasteiger partial charge in [0, 0.05) is 20.1 Å². The van der Waals surface area contributed by atoms with Crippen LogP contribution in [0, 0.1) is 5.82 Å². The number of carbonyl (C=O) groups excluding carboxylic acids is 1. The highest BCUT2D eigenvalue weighted by atomic mass is 19.3. The van der Waals surface area contributed by atoms with Crippen LogP contribution < -0.4 is 5.32 Å². The van der Waals surface area contributed by atoms with Crippen LogP contribution in [-0.2, 0) is 6.42 Å². The Morgan fingerprint density at radius 3 is 2.57 bits per heavy atom. The molecule has 0 aliphatic carbocycles. The molecule has 2 aromatic carbocycles. The maximum Gasteiger partial charge on any atom is 0.321 e. The zero-order valence-electron chi connectivity index (χ0n) is 15.5. The molecule has 0 aromatic heterocycles. The van der Waals surface area contributed by atoms with Crippen LogP contribution in [0.2, 0.25) is 0 Å². The fraction of sp³-hybridized carbons (Fsp3) is 0.381. The summed E-state index contributed by atoms with van der Waals surface area (Å²) in [6.07, 6.45) is 0.646. The van der Waals surface area contributed by atoms with Gasteiger partial charge in [-0.15, -0.1) is 0 Å². The number of nitrogens with zero attached hydrogens (tertiary/aromatic N) is 2. The fourth-order valence-electron chi connectivity index (χ4n) is 4.18. The summed E-state index contributed by atoms with van der Waals surface area (Å²) in [6, 6.07) is 11.7. The van der Waals surface area contributed by atoms with Crippen molar-refractivity contribution < 1.29 is 18.0 Å². The van der Waals surface area contributed by atoms with E-state index in [4.69, 9.17) is 0 Å². The Labute approximate surface area is 161 Å². The molecule has 2 aromatic rings. The van der Waals surface area contributed by atoms with Gasteiger partial charge in [-0.25, -0.2) is 18.0 Å². The summed E-state index contributed by atoms with van der Waals surface area (Å²) in [4.78, 5) is 16.0. The van der Waals surface area contributed by atoms with Crippen molar-refractivity contribution in [2.75, 3.05) is 26.7 Å². The Morgan fingerprint density at radius 2 is 1.89 bits per heavy atom. The molecule has 1 N–H and O–H groups in total. The van der Waals surface area contributed by atoms with Crippen LogP contribution in [0.5, 0.6) is 0 Å². The summed E-state index contributed by atoms with van der Waals surface area (Å²) in [5, 5.41) is 2.66. The number of urea groups is 1. The van der Waals surface area contributed by atoms with Crippen LogP contribution in [0.3, 0.4) is 0 Å². The van der Waals surface area contributed by atoms with Gasteiger partial charge in [-0.2, -0.15) is 0 Å². The number of rotatable bonds is 2. The van der Waals surface area contributed by atoms with E-state index in [2.05, 4.69) is 5.32 Å². The average Bonchev–Trinajstić information content (AvgIpc) is 3.05. The third-order valence-corrected chi connectivity index (χ3v) is 5.67. The Balaban J connectivity index is 1.70. The molecule has 148 valence electrons. The number of alkyl halides is 2. The molecule has 28 heavy (non-hydrogen) atoms. The van der Waals surface area contributed by atoms with E-state index in [0.717, 1.165) is 21.6 Å². The lowest BCUT2D eigenvalue weighted by Crippen LogP contribution is -2.54. The number of halogens is 3. The topological polar surface area (TPSA) is 35.6 Å². The number of likely N-dealkylation sites (N-methyl/N-ethyl adjacent to an activating group) is 1. The molecule has 1 saturated heterocycles. The molecule has 2 aliphatic rings. The first kappa shape index (κ1) is 18.8. The normalized spacial score (nSPS) is 23.4. The minimum Gasteiger partial charge on any atom is -0.317 e. The molecule has 1 fully saturated rings. The van der Waals surface area contributed by atoms with Gasteiger partial charge >= 0.3 is 6.03 Å². The number of fused-ring (bicyclic) bond motifs is 1. The molecule has 0 bridgehead atoms. The van der Waals surface area contributed by atoms with Gasteiger partial charge in [0.15, 0.2) is 0 Å². The number of amides is 2. The van der Waals surface area contributed by atoms with Crippen molar-refractivity contribution in [3.05, 3.63) is 71.0 Å². The predicted octanol–water partition coefficient (Wildman–Crippen LogP) is 3.43. The van der Waals surface area contributed by atoms with Crippen molar-refractivity contribution in [1.29, 1.82) is 0 Å². The maximum atomic E-state index is 14.2. The molecule has 7 heteroatoms. The third-order valence-electron chi connectivity index (χ3n) is 5.67. The molecule has 0 spiro atoms. The summed E-state index contributed by atoms with van der Waals surface area (Å²) < 4.78 is 41.8. The average molecular weight is 389 g/mol. The van der Waals surface area contributed by atoms with E-state index in [1.807, 2.05) is 24.3 Å². The van der Waals surface area contributed by atoms with E-state index in [9.17, 15) is 18.0 Å². The van der Waals surface area contributed by atoms with E-state index < -0.39 is 30.6 Å². The van der Waals surface area contributed by atoms with Gasteiger partial charge in [-0.05, 0) is 35.2 Å². The zero-order chi connectivity index (χ0) is 19.9. The number of carbonyl (C=O) groups is 1. The fourth-order valence-corrected chi connectivity index (χ4v) is 4.18. The second-order valence-corrected chi connectivity index (χ2v) is 7.40. The minimum atomic E-state index is -2.97. The van der Waals surface area contributed by atoms with Crippen molar-refractivity contribution in [1.82, 2.24) is 15.1 Å². The summed E-state index contributed by atoms with van der Waals surface area (Å²) >= 11 is 0. The summed E-state index contributed by atoms with van der Waals surface area (Å²) in [5.41, 5.74) is 2.81. The van der Waals surface area contributed by atoms with E-state index in [1.165, 1.54) is 19.2 Å². The Hall–Kier alpha value is -2.54. The monoisotopic (exact) mass is 389 g/mol. The van der Waals surface area contributed by atoms with E-state index in [-0.39, 0.29) is 12.4 Å². The van der Waals surface area contributed by atoms with Gasteiger partial charge in [0.1, 0.15) is 11.9 Å². The van der Waals surface area contributed by atoms with E-state index >= 15 is 0 Å². The van der Waals surface area contributed by atoms with Crippen molar-refractivity contribution in [2.45, 2.75) is 24.4 Å². The molecule has 2 amide bonds. The molecule has 0 radical (unpaired) electrons. The van der Waals surface area contributed by atoms with Gasteiger partial charge < -0.3 is 15.1 Å². The number of hydrogen-bond acceptors (Lipinski definition) is 2. The lowest BCUT2D eigenvalue weighted by molar-refractivity contribution is -0.0344. The quantitative estimate of drug-likeness (QED) is 0.854. The Kier molecular flexibility index (Phi) is 4.79. The van der Waals surface area contributed by atoms with Crippen molar-refractivity contribution in [2.24, 2.45) is 0 Å². The maximum absolute atomic E-state index is 14.2. The van der Waals surface area contributed by atoms with Crippen molar-refractivity contribution >= 4 is 6.03 Å². The second-order valence-electron chi connectivity index (χ2n) is 7.40. The van der Waals surface area contributed by atoms with E-state index in [0.29, 0.717) is 13.0 Å². The van der Waals surface area contributed by atoms with Crippen LogP contribution in [0.25, 0.3) is 0 Å². The van der Waals surface area contributed by atoms with Gasteiger partial charge in [-0.1, -0.05) is 36.4 Å². The molecule has 4 nitrogen and oxygen atoms in total. The zero-order valence-corrected chi connectivity index (χ0v) is 15.5. The second kappa shape index (κ2) is 7.13. The molecular weight excluding hydrogens is 367 g/mol. The Bertz CT molecular complexity index is 871. The smallest absolute Gasteiger partial charge is 0.317 e. The number of benzene rings is 2. The summed E-state index contributed by atoms with van der Waals surface area (Å²) in [5.74, 6) is -3.33. The van der Waals surface area contributed by atoms with Gasteiger partial charge in [0.25, 0.3) is 5.92 Å². The van der Waals surface area contributed by atoms with E-state index in [1.54, 1.807) is 17.0 Å². The molecular formula is C21H22F3N3O. The molecule has 2 heterocycles. The molecule has 4 rings (SSSR count). The third kappa shape index (κ3) is 3.24.